The minimum absolute atomic E-state index is 0.254. The molecule has 1 aromatic rings. The molecule has 2 unspecified atom stereocenters. The molecule has 0 spiro atoms. The predicted octanol–water partition coefficient (Wildman–Crippen LogP) is 3.13. The lowest BCUT2D eigenvalue weighted by Crippen LogP contribution is -2.46. The maximum absolute atomic E-state index is 12.9. The van der Waals surface area contributed by atoms with E-state index in [-0.39, 0.29) is 6.10 Å². The van der Waals surface area contributed by atoms with Crippen LogP contribution in [-0.4, -0.2) is 43.3 Å². The first kappa shape index (κ1) is 19.9. The molecule has 2 rings (SSSR count). The largest absolute Gasteiger partial charge is 0.368 e. The average Bonchev–Trinajstić information content (AvgIpc) is 2.56. The van der Waals surface area contributed by atoms with Crippen molar-refractivity contribution in [2.24, 2.45) is 5.11 Å². The fraction of sp³-hybridized carbons (Fsp3) is 0.647. The number of nitrogens with zero attached hydrogens (tertiary/aromatic N) is 4. The number of aliphatic hydroxyl groups excluding tert-OH is 1. The van der Waals surface area contributed by atoms with E-state index in [0.717, 1.165) is 5.56 Å². The molecule has 0 aromatic heterocycles. The van der Waals surface area contributed by atoms with E-state index in [0.29, 0.717) is 25.9 Å². The Balaban J connectivity index is 2.08. The van der Waals surface area contributed by atoms with Crippen LogP contribution in [0.2, 0.25) is 0 Å². The fourth-order valence-corrected chi connectivity index (χ4v) is 4.11. The molecule has 1 heterocycles. The van der Waals surface area contributed by atoms with Crippen LogP contribution in [0.25, 0.3) is 10.4 Å². The maximum Gasteiger partial charge on any atom is 0.163 e. The highest BCUT2D eigenvalue weighted by Gasteiger charge is 2.33. The third-order valence-corrected chi connectivity index (χ3v) is 5.81. The number of hydrogen-bond acceptors (Lipinski definition) is 4. The first-order valence-electron chi connectivity index (χ1n) is 8.40. The number of aliphatic hydroxyl groups is 1. The van der Waals surface area contributed by atoms with Crippen molar-refractivity contribution >= 4 is 11.0 Å². The number of azide groups is 1. The van der Waals surface area contributed by atoms with E-state index in [2.05, 4.69) is 10.0 Å². The van der Waals surface area contributed by atoms with Gasteiger partial charge in [-0.2, -0.15) is 0 Å². The maximum atomic E-state index is 12.9. The smallest absolute Gasteiger partial charge is 0.163 e. The lowest BCUT2D eigenvalue weighted by molar-refractivity contribution is -0.173. The Morgan fingerprint density at radius 2 is 2.04 bits per heavy atom. The predicted molar refractivity (Wildman–Crippen MR) is 97.8 cm³/mol. The van der Waals surface area contributed by atoms with Crippen LogP contribution >= 0.6 is 0 Å². The van der Waals surface area contributed by atoms with Crippen molar-refractivity contribution in [2.75, 3.05) is 6.54 Å². The summed E-state index contributed by atoms with van der Waals surface area (Å²) >= 11 is 0. The van der Waals surface area contributed by atoms with Crippen LogP contribution in [0.5, 0.6) is 0 Å². The van der Waals surface area contributed by atoms with Crippen molar-refractivity contribution < 1.29 is 14.1 Å². The summed E-state index contributed by atoms with van der Waals surface area (Å²) < 4.78 is 20.0. The van der Waals surface area contributed by atoms with Gasteiger partial charge >= 0.3 is 0 Å². The summed E-state index contributed by atoms with van der Waals surface area (Å²) in [5.41, 5.74) is 9.59. The van der Waals surface area contributed by atoms with Gasteiger partial charge in [-0.3, -0.25) is 0 Å². The molecule has 0 radical (unpaired) electrons. The van der Waals surface area contributed by atoms with Gasteiger partial charge in [0.15, 0.2) is 6.29 Å². The molecule has 0 saturated carbocycles. The zero-order valence-corrected chi connectivity index (χ0v) is 15.7. The van der Waals surface area contributed by atoms with Gasteiger partial charge in [0.1, 0.15) is 11.0 Å². The van der Waals surface area contributed by atoms with Crippen LogP contribution in [0.1, 0.15) is 39.2 Å². The summed E-state index contributed by atoms with van der Waals surface area (Å²) in [7, 11) is -1.21. The molecule has 138 valence electrons. The van der Waals surface area contributed by atoms with Gasteiger partial charge in [0.2, 0.25) is 0 Å². The molecule has 7 nitrogen and oxygen atoms in total. The second-order valence-corrected chi connectivity index (χ2v) is 9.41. The molecule has 8 heteroatoms. The summed E-state index contributed by atoms with van der Waals surface area (Å²) in [4.78, 5) is 2.74. The van der Waals surface area contributed by atoms with Gasteiger partial charge in [0.05, 0.1) is 16.9 Å². The fourth-order valence-electron chi connectivity index (χ4n) is 2.76. The molecule has 0 bridgehead atoms. The molecule has 1 saturated heterocycles. The van der Waals surface area contributed by atoms with E-state index < -0.39 is 28.1 Å². The molecular formula is C17H26N4O3S. The van der Waals surface area contributed by atoms with Crippen LogP contribution in [0.15, 0.2) is 35.4 Å². The second-order valence-electron chi connectivity index (χ2n) is 7.17. The average molecular weight is 366 g/mol. The van der Waals surface area contributed by atoms with Gasteiger partial charge in [0, 0.05) is 18.0 Å². The molecule has 0 aliphatic carbocycles. The molecule has 1 N–H and O–H groups in total. The molecule has 1 aliphatic rings. The SMILES string of the molecule is CC(C)(C)S(=O)N(Cc1ccccc1)C[C@@H]1CC[C@@H](N=[N+]=[N-])C(O)O1. The Morgan fingerprint density at radius 3 is 2.60 bits per heavy atom. The van der Waals surface area contributed by atoms with E-state index >= 15 is 0 Å². The van der Waals surface area contributed by atoms with Gasteiger partial charge < -0.3 is 9.84 Å². The third-order valence-electron chi connectivity index (χ3n) is 4.01. The summed E-state index contributed by atoms with van der Waals surface area (Å²) in [6, 6.07) is 9.31. The Bertz CT molecular complexity index is 629. The third kappa shape index (κ3) is 5.80. The normalized spacial score (nSPS) is 25.4. The molecule has 0 amide bonds. The van der Waals surface area contributed by atoms with Crippen LogP contribution in [-0.2, 0) is 22.3 Å². The van der Waals surface area contributed by atoms with E-state index in [9.17, 15) is 9.32 Å². The van der Waals surface area contributed by atoms with Crippen molar-refractivity contribution in [3.8, 4) is 0 Å². The van der Waals surface area contributed by atoms with Crippen molar-refractivity contribution in [1.29, 1.82) is 0 Å². The summed E-state index contributed by atoms with van der Waals surface area (Å²) in [5.74, 6) is 0. The first-order valence-corrected chi connectivity index (χ1v) is 9.50. The van der Waals surface area contributed by atoms with Gasteiger partial charge in [-0.1, -0.05) is 35.4 Å². The number of hydrogen-bond donors (Lipinski definition) is 1. The topological polar surface area (TPSA) is 98.5 Å². The standard InChI is InChI=1S/C17H26N4O3S/c1-17(2,3)25(23)21(11-13-7-5-4-6-8-13)12-14-9-10-15(19-20-18)16(22)24-14/h4-8,14-16,22H,9-12H2,1-3H3/t14-,15+,16?,25?/m0/s1. The zero-order chi connectivity index (χ0) is 18.4. The molecular weight excluding hydrogens is 340 g/mol. The van der Waals surface area contributed by atoms with Gasteiger partial charge in [-0.15, -0.1) is 0 Å². The van der Waals surface area contributed by atoms with E-state index in [1.54, 1.807) is 0 Å². The number of ether oxygens (including phenoxy) is 1. The Morgan fingerprint density at radius 1 is 1.36 bits per heavy atom. The molecule has 1 aliphatic heterocycles. The van der Waals surface area contributed by atoms with Crippen molar-refractivity contribution in [1.82, 2.24) is 4.31 Å². The minimum atomic E-state index is -1.21. The summed E-state index contributed by atoms with van der Waals surface area (Å²) in [5, 5.41) is 13.5. The van der Waals surface area contributed by atoms with Crippen molar-refractivity contribution in [3.63, 3.8) is 0 Å². The minimum Gasteiger partial charge on any atom is -0.368 e. The highest BCUT2D eigenvalue weighted by Crippen LogP contribution is 2.25. The van der Waals surface area contributed by atoms with Gasteiger partial charge in [-0.05, 0) is 44.7 Å². The van der Waals surface area contributed by atoms with Crippen LogP contribution in [0.4, 0.5) is 0 Å². The summed E-state index contributed by atoms with van der Waals surface area (Å²) in [6.45, 7) is 6.80. The van der Waals surface area contributed by atoms with Gasteiger partial charge in [-0.25, -0.2) is 8.51 Å². The van der Waals surface area contributed by atoms with E-state index in [4.69, 9.17) is 10.3 Å². The van der Waals surface area contributed by atoms with Crippen LogP contribution in [0.3, 0.4) is 0 Å². The molecule has 1 fully saturated rings. The lowest BCUT2D eigenvalue weighted by atomic mass is 10.0. The molecule has 1 aromatic carbocycles. The van der Waals surface area contributed by atoms with Crippen molar-refractivity contribution in [2.45, 2.75) is 63.3 Å². The molecule has 4 atom stereocenters. The van der Waals surface area contributed by atoms with Crippen LogP contribution < -0.4 is 0 Å². The quantitative estimate of drug-likeness (QED) is 0.475. The molecule has 25 heavy (non-hydrogen) atoms. The first-order chi connectivity index (χ1) is 11.8. The second kappa shape index (κ2) is 8.78. The zero-order valence-electron chi connectivity index (χ0n) is 14.9. The van der Waals surface area contributed by atoms with Crippen LogP contribution in [0, 0.1) is 0 Å². The summed E-state index contributed by atoms with van der Waals surface area (Å²) in [6.07, 6.45) is -0.170. The Hall–Kier alpha value is -1.44. The number of rotatable bonds is 6. The van der Waals surface area contributed by atoms with E-state index in [1.165, 1.54) is 0 Å². The highest BCUT2D eigenvalue weighted by molar-refractivity contribution is 7.84. The number of benzene rings is 1. The van der Waals surface area contributed by atoms with Gasteiger partial charge in [0.25, 0.3) is 0 Å². The lowest BCUT2D eigenvalue weighted by Gasteiger charge is -2.36. The van der Waals surface area contributed by atoms with E-state index in [1.807, 2.05) is 55.4 Å². The Kier molecular flexibility index (Phi) is 6.98. The monoisotopic (exact) mass is 366 g/mol. The Labute approximate surface area is 151 Å². The van der Waals surface area contributed by atoms with Crippen molar-refractivity contribution in [3.05, 3.63) is 46.3 Å². The highest BCUT2D eigenvalue weighted by atomic mass is 32.2.